The molecule has 0 saturated heterocycles. The molecule has 0 saturated carbocycles. The van der Waals surface area contributed by atoms with Crippen LogP contribution in [0.2, 0.25) is 0 Å². The lowest BCUT2D eigenvalue weighted by Crippen LogP contribution is -2.12. The number of hydrogen-bond donors (Lipinski definition) is 2. The number of aromatic nitrogens is 2. The molecular formula is C10H20N4. The number of anilines is 1. The SMILES string of the molecule is CC(CN)CCCNc1ccn(C)n1. The van der Waals surface area contributed by atoms with Crippen molar-refractivity contribution in [1.29, 1.82) is 0 Å². The molecule has 4 heteroatoms. The quantitative estimate of drug-likeness (QED) is 0.672. The predicted octanol–water partition coefficient (Wildman–Crippen LogP) is 1.21. The van der Waals surface area contributed by atoms with E-state index < -0.39 is 0 Å². The highest BCUT2D eigenvalue weighted by Gasteiger charge is 1.99. The molecule has 3 N–H and O–H groups in total. The van der Waals surface area contributed by atoms with Crippen molar-refractivity contribution < 1.29 is 0 Å². The molecule has 14 heavy (non-hydrogen) atoms. The minimum absolute atomic E-state index is 0.625. The Bertz CT molecular complexity index is 256. The fourth-order valence-electron chi connectivity index (χ4n) is 1.29. The molecule has 1 aromatic rings. The Kier molecular flexibility index (Phi) is 4.46. The Hall–Kier alpha value is -1.03. The average molecular weight is 196 g/mol. The van der Waals surface area contributed by atoms with E-state index in [1.165, 1.54) is 6.42 Å². The van der Waals surface area contributed by atoms with Crippen molar-refractivity contribution in [3.8, 4) is 0 Å². The van der Waals surface area contributed by atoms with Gasteiger partial charge in [-0.1, -0.05) is 6.92 Å². The first-order chi connectivity index (χ1) is 6.72. The molecule has 0 aliphatic rings. The van der Waals surface area contributed by atoms with Crippen LogP contribution in [0.25, 0.3) is 0 Å². The highest BCUT2D eigenvalue weighted by atomic mass is 15.3. The van der Waals surface area contributed by atoms with Gasteiger partial charge >= 0.3 is 0 Å². The third kappa shape index (κ3) is 3.79. The number of aryl methyl sites for hydroxylation is 1. The van der Waals surface area contributed by atoms with E-state index in [9.17, 15) is 0 Å². The maximum Gasteiger partial charge on any atom is 0.147 e. The lowest BCUT2D eigenvalue weighted by Gasteiger charge is -2.07. The second-order valence-electron chi connectivity index (χ2n) is 3.78. The first kappa shape index (κ1) is 11.0. The van der Waals surface area contributed by atoms with Crippen molar-refractivity contribution in [2.75, 3.05) is 18.4 Å². The summed E-state index contributed by atoms with van der Waals surface area (Å²) in [7, 11) is 1.92. The van der Waals surface area contributed by atoms with Gasteiger partial charge in [0.25, 0.3) is 0 Å². The summed E-state index contributed by atoms with van der Waals surface area (Å²) in [5, 5.41) is 7.50. The number of nitrogens with two attached hydrogens (primary N) is 1. The van der Waals surface area contributed by atoms with Gasteiger partial charge in [0.1, 0.15) is 5.82 Å². The van der Waals surface area contributed by atoms with Gasteiger partial charge in [-0.15, -0.1) is 0 Å². The van der Waals surface area contributed by atoms with Crippen LogP contribution in [0.15, 0.2) is 12.3 Å². The Balaban J connectivity index is 2.10. The summed E-state index contributed by atoms with van der Waals surface area (Å²) in [6, 6.07) is 1.98. The van der Waals surface area contributed by atoms with Gasteiger partial charge in [-0.3, -0.25) is 4.68 Å². The van der Waals surface area contributed by atoms with E-state index in [1.54, 1.807) is 4.68 Å². The highest BCUT2D eigenvalue weighted by molar-refractivity contribution is 5.31. The monoisotopic (exact) mass is 196 g/mol. The summed E-state index contributed by atoms with van der Waals surface area (Å²) < 4.78 is 1.80. The summed E-state index contributed by atoms with van der Waals surface area (Å²) in [4.78, 5) is 0. The van der Waals surface area contributed by atoms with E-state index in [0.29, 0.717) is 5.92 Å². The summed E-state index contributed by atoms with van der Waals surface area (Å²) in [5.41, 5.74) is 5.53. The van der Waals surface area contributed by atoms with Gasteiger partial charge in [-0.2, -0.15) is 5.10 Å². The molecule has 80 valence electrons. The average Bonchev–Trinajstić information content (AvgIpc) is 2.58. The van der Waals surface area contributed by atoms with Crippen LogP contribution < -0.4 is 11.1 Å². The molecule has 0 amide bonds. The molecule has 4 nitrogen and oxygen atoms in total. The highest BCUT2D eigenvalue weighted by Crippen LogP contribution is 2.05. The second-order valence-corrected chi connectivity index (χ2v) is 3.78. The zero-order valence-electron chi connectivity index (χ0n) is 9.03. The van der Waals surface area contributed by atoms with Crippen molar-refractivity contribution in [3.05, 3.63) is 12.3 Å². The maximum absolute atomic E-state index is 5.53. The zero-order chi connectivity index (χ0) is 10.4. The van der Waals surface area contributed by atoms with Crippen LogP contribution in [-0.2, 0) is 7.05 Å². The minimum atomic E-state index is 0.625. The lowest BCUT2D eigenvalue weighted by atomic mass is 10.1. The van der Waals surface area contributed by atoms with E-state index in [4.69, 9.17) is 5.73 Å². The van der Waals surface area contributed by atoms with Gasteiger partial charge in [-0.25, -0.2) is 0 Å². The van der Waals surface area contributed by atoms with Gasteiger partial charge in [0, 0.05) is 25.9 Å². The fraction of sp³-hybridized carbons (Fsp3) is 0.700. The molecule has 1 heterocycles. The standard InChI is InChI=1S/C10H20N4/c1-9(8-11)4-3-6-12-10-5-7-14(2)13-10/h5,7,9H,3-4,6,8,11H2,1-2H3,(H,12,13). The Morgan fingerprint density at radius 2 is 2.43 bits per heavy atom. The van der Waals surface area contributed by atoms with Crippen molar-refractivity contribution in [2.45, 2.75) is 19.8 Å². The van der Waals surface area contributed by atoms with Crippen LogP contribution in [0.3, 0.4) is 0 Å². The predicted molar refractivity (Wildman–Crippen MR) is 59.2 cm³/mol. The number of nitrogens with zero attached hydrogens (tertiary/aromatic N) is 2. The molecule has 0 radical (unpaired) electrons. The Morgan fingerprint density at radius 1 is 1.64 bits per heavy atom. The van der Waals surface area contributed by atoms with Gasteiger partial charge in [-0.05, 0) is 25.3 Å². The summed E-state index contributed by atoms with van der Waals surface area (Å²) >= 11 is 0. The molecule has 0 bridgehead atoms. The third-order valence-corrected chi connectivity index (χ3v) is 2.30. The minimum Gasteiger partial charge on any atom is -0.369 e. The number of nitrogens with one attached hydrogen (secondary N) is 1. The Morgan fingerprint density at radius 3 is 3.00 bits per heavy atom. The first-order valence-corrected chi connectivity index (χ1v) is 5.16. The van der Waals surface area contributed by atoms with Crippen molar-refractivity contribution >= 4 is 5.82 Å². The molecule has 0 aromatic carbocycles. The summed E-state index contributed by atoms with van der Waals surface area (Å²) in [6.07, 6.45) is 4.26. The molecule has 1 rings (SSSR count). The van der Waals surface area contributed by atoms with Gasteiger partial charge < -0.3 is 11.1 Å². The van der Waals surface area contributed by atoms with Gasteiger partial charge in [0.05, 0.1) is 0 Å². The number of hydrogen-bond acceptors (Lipinski definition) is 3. The molecule has 0 spiro atoms. The van der Waals surface area contributed by atoms with Crippen molar-refractivity contribution in [1.82, 2.24) is 9.78 Å². The van der Waals surface area contributed by atoms with Crippen LogP contribution in [0.1, 0.15) is 19.8 Å². The van der Waals surface area contributed by atoms with E-state index in [1.807, 2.05) is 19.3 Å². The molecule has 1 atom stereocenters. The topological polar surface area (TPSA) is 55.9 Å². The largest absolute Gasteiger partial charge is 0.369 e. The first-order valence-electron chi connectivity index (χ1n) is 5.16. The number of rotatable bonds is 6. The normalized spacial score (nSPS) is 12.8. The lowest BCUT2D eigenvalue weighted by molar-refractivity contribution is 0.529. The molecule has 1 aromatic heterocycles. The summed E-state index contributed by atoms with van der Waals surface area (Å²) in [5.74, 6) is 1.58. The van der Waals surface area contributed by atoms with Crippen LogP contribution in [0.5, 0.6) is 0 Å². The molecule has 0 aliphatic carbocycles. The van der Waals surface area contributed by atoms with E-state index >= 15 is 0 Å². The molecule has 0 aliphatic heterocycles. The van der Waals surface area contributed by atoms with Crippen molar-refractivity contribution in [2.24, 2.45) is 18.7 Å². The van der Waals surface area contributed by atoms with Gasteiger partial charge in [0.15, 0.2) is 0 Å². The van der Waals surface area contributed by atoms with Crippen LogP contribution >= 0.6 is 0 Å². The van der Waals surface area contributed by atoms with Crippen LogP contribution in [-0.4, -0.2) is 22.9 Å². The van der Waals surface area contributed by atoms with E-state index in [-0.39, 0.29) is 0 Å². The zero-order valence-corrected chi connectivity index (χ0v) is 9.03. The van der Waals surface area contributed by atoms with Crippen molar-refractivity contribution in [3.63, 3.8) is 0 Å². The second kappa shape index (κ2) is 5.65. The maximum atomic E-state index is 5.53. The van der Waals surface area contributed by atoms with Crippen LogP contribution in [0, 0.1) is 5.92 Å². The Labute approximate surface area is 85.5 Å². The summed E-state index contributed by atoms with van der Waals surface area (Å²) in [6.45, 7) is 3.94. The molecule has 0 fully saturated rings. The molecule has 1 unspecified atom stereocenters. The fourth-order valence-corrected chi connectivity index (χ4v) is 1.29. The van der Waals surface area contributed by atoms with Crippen LogP contribution in [0.4, 0.5) is 5.82 Å². The van der Waals surface area contributed by atoms with E-state index in [2.05, 4.69) is 17.3 Å². The molecular weight excluding hydrogens is 176 g/mol. The van der Waals surface area contributed by atoms with E-state index in [0.717, 1.165) is 25.3 Å². The third-order valence-electron chi connectivity index (χ3n) is 2.30. The smallest absolute Gasteiger partial charge is 0.147 e. The van der Waals surface area contributed by atoms with Gasteiger partial charge in [0.2, 0.25) is 0 Å².